The topological polar surface area (TPSA) is 53.3 Å². The average Bonchev–Trinajstić information content (AvgIpc) is 2.77. The Balaban J connectivity index is 1.88. The summed E-state index contributed by atoms with van der Waals surface area (Å²) in [5.74, 6) is 0. The molecule has 3 rings (SSSR count). The van der Waals surface area contributed by atoms with Crippen molar-refractivity contribution in [3.05, 3.63) is 41.0 Å². The zero-order valence-electron chi connectivity index (χ0n) is 14.8. The Hall–Kier alpha value is -2.28. The van der Waals surface area contributed by atoms with E-state index in [9.17, 15) is 4.79 Å². The van der Waals surface area contributed by atoms with E-state index >= 15 is 0 Å². The molecule has 4 heteroatoms. The predicted molar refractivity (Wildman–Crippen MR) is 93.4 cm³/mol. The van der Waals surface area contributed by atoms with Gasteiger partial charge in [-0.05, 0) is 75.8 Å². The highest BCUT2D eigenvalue weighted by Crippen LogP contribution is 2.40. The van der Waals surface area contributed by atoms with Crippen LogP contribution in [0.4, 0.5) is 4.79 Å². The van der Waals surface area contributed by atoms with Gasteiger partial charge in [0.2, 0.25) is 0 Å². The van der Waals surface area contributed by atoms with Crippen molar-refractivity contribution in [3.8, 4) is 6.07 Å². The second-order valence-corrected chi connectivity index (χ2v) is 7.72. The average molecular weight is 324 g/mol. The van der Waals surface area contributed by atoms with Crippen LogP contribution < -0.4 is 0 Å². The molecule has 4 nitrogen and oxygen atoms in total. The molecule has 1 saturated heterocycles. The number of hydrogen-bond acceptors (Lipinski definition) is 3. The maximum atomic E-state index is 12.5. The molecule has 1 fully saturated rings. The third-order valence-electron chi connectivity index (χ3n) is 4.71. The first kappa shape index (κ1) is 16.6. The molecule has 2 atom stereocenters. The number of benzene rings is 1. The predicted octanol–water partition coefficient (Wildman–Crippen LogP) is 4.42. The molecule has 0 aliphatic carbocycles. The number of nitrogens with zero attached hydrogens (tertiary/aromatic N) is 2. The maximum Gasteiger partial charge on any atom is 0.411 e. The number of carbonyl (C=O) groups excluding carboxylic acids is 1. The summed E-state index contributed by atoms with van der Waals surface area (Å²) in [4.78, 5) is 14.4. The summed E-state index contributed by atoms with van der Waals surface area (Å²) >= 11 is 0. The van der Waals surface area contributed by atoms with Crippen molar-refractivity contribution in [1.29, 1.82) is 5.26 Å². The van der Waals surface area contributed by atoms with E-state index in [0.717, 1.165) is 24.8 Å². The van der Waals surface area contributed by atoms with E-state index in [1.54, 1.807) is 0 Å². The van der Waals surface area contributed by atoms with E-state index in [1.807, 2.05) is 43.9 Å². The Morgan fingerprint density at radius 3 is 2.71 bits per heavy atom. The molecule has 0 aromatic heterocycles. The van der Waals surface area contributed by atoms with Crippen molar-refractivity contribution in [2.24, 2.45) is 0 Å². The number of nitriles is 1. The minimum Gasteiger partial charge on any atom is -0.444 e. The monoisotopic (exact) mass is 324 g/mol. The zero-order chi connectivity index (χ0) is 17.5. The number of aryl methyl sites for hydroxylation is 1. The van der Waals surface area contributed by atoms with Gasteiger partial charge in [0.05, 0.1) is 17.7 Å². The minimum atomic E-state index is -0.474. The summed E-state index contributed by atoms with van der Waals surface area (Å²) in [6.07, 6.45) is 4.78. The van der Waals surface area contributed by atoms with Gasteiger partial charge in [-0.25, -0.2) is 4.79 Å². The second-order valence-electron chi connectivity index (χ2n) is 7.72. The number of ether oxygens (including phenoxy) is 1. The van der Waals surface area contributed by atoms with Gasteiger partial charge in [0.25, 0.3) is 0 Å². The Morgan fingerprint density at radius 2 is 2.08 bits per heavy atom. The first-order chi connectivity index (χ1) is 11.3. The molecule has 1 amide bonds. The fourth-order valence-corrected chi connectivity index (χ4v) is 3.67. The normalized spacial score (nSPS) is 22.8. The molecular weight excluding hydrogens is 300 g/mol. The van der Waals surface area contributed by atoms with E-state index in [-0.39, 0.29) is 18.2 Å². The van der Waals surface area contributed by atoms with Crippen LogP contribution in [0.25, 0.3) is 5.57 Å². The summed E-state index contributed by atoms with van der Waals surface area (Å²) in [7, 11) is 0. The quantitative estimate of drug-likeness (QED) is 0.768. The van der Waals surface area contributed by atoms with Crippen LogP contribution in [0.3, 0.4) is 0 Å². The summed E-state index contributed by atoms with van der Waals surface area (Å²) < 4.78 is 5.57. The molecule has 0 N–H and O–H groups in total. The number of carbonyl (C=O) groups is 1. The smallest absolute Gasteiger partial charge is 0.411 e. The van der Waals surface area contributed by atoms with Gasteiger partial charge in [-0.1, -0.05) is 12.1 Å². The highest BCUT2D eigenvalue weighted by molar-refractivity contribution is 5.76. The molecule has 2 aliphatic rings. The Labute approximate surface area is 143 Å². The molecule has 24 heavy (non-hydrogen) atoms. The van der Waals surface area contributed by atoms with Crippen molar-refractivity contribution < 1.29 is 9.53 Å². The van der Waals surface area contributed by atoms with Crippen LogP contribution in [0.2, 0.25) is 0 Å². The Kier molecular flexibility index (Phi) is 4.13. The molecule has 0 saturated carbocycles. The van der Waals surface area contributed by atoms with E-state index in [0.29, 0.717) is 5.56 Å². The fraction of sp³-hybridized carbons (Fsp3) is 0.500. The third kappa shape index (κ3) is 3.17. The summed E-state index contributed by atoms with van der Waals surface area (Å²) in [5.41, 5.74) is 3.76. The van der Waals surface area contributed by atoms with Gasteiger partial charge in [0.15, 0.2) is 0 Å². The van der Waals surface area contributed by atoms with Crippen LogP contribution in [-0.4, -0.2) is 28.7 Å². The fourth-order valence-electron chi connectivity index (χ4n) is 3.67. The van der Waals surface area contributed by atoms with Gasteiger partial charge < -0.3 is 4.74 Å². The minimum absolute atomic E-state index is 0.0961. The molecule has 126 valence electrons. The van der Waals surface area contributed by atoms with Gasteiger partial charge in [-0.15, -0.1) is 0 Å². The van der Waals surface area contributed by atoms with E-state index in [1.165, 1.54) is 11.1 Å². The zero-order valence-corrected chi connectivity index (χ0v) is 14.8. The SMILES string of the molecule is Cc1ccc(C#N)cc1C1=CC2CCC(C1)N2C(=O)OC(C)(C)C. The lowest BCUT2D eigenvalue weighted by Gasteiger charge is -2.35. The van der Waals surface area contributed by atoms with E-state index in [4.69, 9.17) is 10.00 Å². The summed E-state index contributed by atoms with van der Waals surface area (Å²) in [6, 6.07) is 8.31. The molecule has 2 bridgehead atoms. The van der Waals surface area contributed by atoms with Gasteiger partial charge in [0.1, 0.15) is 5.60 Å². The van der Waals surface area contributed by atoms with Crippen LogP contribution >= 0.6 is 0 Å². The van der Waals surface area contributed by atoms with Gasteiger partial charge in [0, 0.05) is 6.04 Å². The van der Waals surface area contributed by atoms with Gasteiger partial charge in [-0.3, -0.25) is 4.90 Å². The van der Waals surface area contributed by atoms with Crippen LogP contribution in [0.1, 0.15) is 56.7 Å². The lowest BCUT2D eigenvalue weighted by Crippen LogP contribution is -2.45. The number of amides is 1. The maximum absolute atomic E-state index is 12.5. The highest BCUT2D eigenvalue weighted by Gasteiger charge is 2.41. The molecule has 0 spiro atoms. The Morgan fingerprint density at radius 1 is 1.33 bits per heavy atom. The molecule has 2 heterocycles. The number of fused-ring (bicyclic) bond motifs is 2. The van der Waals surface area contributed by atoms with Gasteiger partial charge in [-0.2, -0.15) is 5.26 Å². The van der Waals surface area contributed by atoms with Crippen LogP contribution in [-0.2, 0) is 4.74 Å². The molecule has 1 aromatic carbocycles. The molecule has 1 aromatic rings. The lowest BCUT2D eigenvalue weighted by molar-refractivity contribution is 0.0175. The van der Waals surface area contributed by atoms with E-state index in [2.05, 4.69) is 19.1 Å². The summed E-state index contributed by atoms with van der Waals surface area (Å²) in [6.45, 7) is 7.76. The molecule has 0 radical (unpaired) electrons. The van der Waals surface area contributed by atoms with E-state index < -0.39 is 5.60 Å². The van der Waals surface area contributed by atoms with Crippen molar-refractivity contribution in [3.63, 3.8) is 0 Å². The molecule has 2 unspecified atom stereocenters. The first-order valence-electron chi connectivity index (χ1n) is 8.51. The standard InChI is InChI=1S/C20H24N2O2/c1-13-5-6-14(12-21)9-18(13)15-10-16-7-8-17(11-15)22(16)19(23)24-20(2,3)4/h5-6,9-10,16-17H,7-8,11H2,1-4H3. The first-order valence-corrected chi connectivity index (χ1v) is 8.51. The second kappa shape index (κ2) is 5.98. The van der Waals surface area contributed by atoms with Crippen molar-refractivity contribution in [2.45, 2.75) is 64.6 Å². The van der Waals surface area contributed by atoms with Crippen molar-refractivity contribution >= 4 is 11.7 Å². The highest BCUT2D eigenvalue weighted by atomic mass is 16.6. The van der Waals surface area contributed by atoms with Gasteiger partial charge >= 0.3 is 6.09 Å². The largest absolute Gasteiger partial charge is 0.444 e. The van der Waals surface area contributed by atoms with Crippen LogP contribution in [0, 0.1) is 18.3 Å². The number of rotatable bonds is 1. The number of hydrogen-bond donors (Lipinski definition) is 0. The summed E-state index contributed by atoms with van der Waals surface area (Å²) in [5, 5.41) is 9.15. The lowest BCUT2D eigenvalue weighted by atomic mass is 9.91. The Bertz CT molecular complexity index is 737. The molecular formula is C20H24N2O2. The molecule has 2 aliphatic heterocycles. The van der Waals surface area contributed by atoms with Crippen molar-refractivity contribution in [1.82, 2.24) is 4.90 Å². The van der Waals surface area contributed by atoms with Crippen molar-refractivity contribution in [2.75, 3.05) is 0 Å². The van der Waals surface area contributed by atoms with Crippen LogP contribution in [0.15, 0.2) is 24.3 Å². The third-order valence-corrected chi connectivity index (χ3v) is 4.71. The van der Waals surface area contributed by atoms with Crippen LogP contribution in [0.5, 0.6) is 0 Å².